The summed E-state index contributed by atoms with van der Waals surface area (Å²) in [7, 11) is 2.98. The zero-order valence-electron chi connectivity index (χ0n) is 11.7. The van der Waals surface area contributed by atoms with Crippen molar-refractivity contribution >= 4 is 16.9 Å². The van der Waals surface area contributed by atoms with Crippen LogP contribution < -0.4 is 4.74 Å². The predicted molar refractivity (Wildman–Crippen MR) is 73.7 cm³/mol. The first kappa shape index (κ1) is 14.3. The lowest BCUT2D eigenvalue weighted by Crippen LogP contribution is -2.09. The third kappa shape index (κ3) is 3.27. The number of nitrogens with zero attached hydrogens (tertiary/aromatic N) is 2. The van der Waals surface area contributed by atoms with Crippen LogP contribution in [0.5, 0.6) is 5.88 Å². The van der Waals surface area contributed by atoms with E-state index in [2.05, 4.69) is 14.3 Å². The second-order valence-electron chi connectivity index (χ2n) is 4.20. The Labute approximate surface area is 117 Å². The summed E-state index contributed by atoms with van der Waals surface area (Å²) in [5.41, 5.74) is 1.05. The summed E-state index contributed by atoms with van der Waals surface area (Å²) in [4.78, 5) is 15.1. The molecule has 2 aromatic rings. The molecule has 0 atom stereocenters. The van der Waals surface area contributed by atoms with E-state index in [0.29, 0.717) is 25.6 Å². The molecule has 0 aliphatic heterocycles. The van der Waals surface area contributed by atoms with E-state index in [1.807, 2.05) is 18.3 Å². The average molecular weight is 278 g/mol. The van der Waals surface area contributed by atoms with Crippen LogP contribution in [-0.2, 0) is 20.8 Å². The SMILES string of the molecule is COC(=O)CCOCCn1ccc2c(OC)nccc21. The standard InChI is InChI=1S/C14H18N2O4/c1-18-13(17)5-9-20-10-8-16-7-4-11-12(16)3-6-15-14(11)19-2/h3-4,6-7H,5,8-10H2,1-2H3. The van der Waals surface area contributed by atoms with Gasteiger partial charge in [0.25, 0.3) is 0 Å². The van der Waals surface area contributed by atoms with Crippen molar-refractivity contribution in [1.29, 1.82) is 0 Å². The van der Waals surface area contributed by atoms with Crippen molar-refractivity contribution < 1.29 is 19.0 Å². The lowest BCUT2D eigenvalue weighted by molar-refractivity contribution is -0.141. The van der Waals surface area contributed by atoms with Crippen molar-refractivity contribution in [3.63, 3.8) is 0 Å². The van der Waals surface area contributed by atoms with Gasteiger partial charge in [0.2, 0.25) is 5.88 Å². The molecule has 0 fully saturated rings. The largest absolute Gasteiger partial charge is 0.481 e. The minimum absolute atomic E-state index is 0.257. The number of hydrogen-bond acceptors (Lipinski definition) is 5. The number of ether oxygens (including phenoxy) is 3. The van der Waals surface area contributed by atoms with E-state index in [1.165, 1.54) is 7.11 Å². The fourth-order valence-electron chi connectivity index (χ4n) is 1.98. The molecule has 0 spiro atoms. The monoisotopic (exact) mass is 278 g/mol. The lowest BCUT2D eigenvalue weighted by Gasteiger charge is -2.07. The Balaban J connectivity index is 1.89. The highest BCUT2D eigenvalue weighted by molar-refractivity contribution is 5.84. The van der Waals surface area contributed by atoms with E-state index < -0.39 is 0 Å². The first-order chi connectivity index (χ1) is 9.76. The number of hydrogen-bond donors (Lipinski definition) is 0. The number of pyridine rings is 1. The van der Waals surface area contributed by atoms with Gasteiger partial charge in [-0.05, 0) is 12.1 Å². The molecule has 0 N–H and O–H groups in total. The van der Waals surface area contributed by atoms with Gasteiger partial charge in [-0.25, -0.2) is 4.98 Å². The number of methoxy groups -OCH3 is 2. The molecule has 2 heterocycles. The van der Waals surface area contributed by atoms with Crippen LogP contribution in [-0.4, -0.2) is 43.0 Å². The quantitative estimate of drug-likeness (QED) is 0.569. The topological polar surface area (TPSA) is 62.6 Å². The van der Waals surface area contributed by atoms with Gasteiger partial charge in [0.05, 0.1) is 44.8 Å². The maximum absolute atomic E-state index is 10.9. The second-order valence-corrected chi connectivity index (χ2v) is 4.20. The third-order valence-corrected chi connectivity index (χ3v) is 3.01. The third-order valence-electron chi connectivity index (χ3n) is 3.01. The smallest absolute Gasteiger partial charge is 0.307 e. The Morgan fingerprint density at radius 2 is 2.15 bits per heavy atom. The minimum Gasteiger partial charge on any atom is -0.481 e. The van der Waals surface area contributed by atoms with Crippen molar-refractivity contribution in [3.05, 3.63) is 24.5 Å². The first-order valence-electron chi connectivity index (χ1n) is 6.38. The van der Waals surface area contributed by atoms with Gasteiger partial charge >= 0.3 is 5.97 Å². The summed E-state index contributed by atoms with van der Waals surface area (Å²) < 4.78 is 17.2. The molecule has 0 unspecified atom stereocenters. The molecule has 20 heavy (non-hydrogen) atoms. The summed E-state index contributed by atoms with van der Waals surface area (Å²) >= 11 is 0. The molecule has 6 nitrogen and oxygen atoms in total. The maximum Gasteiger partial charge on any atom is 0.307 e. The fourth-order valence-corrected chi connectivity index (χ4v) is 1.98. The molecule has 2 aromatic heterocycles. The number of rotatable bonds is 7. The number of carbonyl (C=O) groups is 1. The van der Waals surface area contributed by atoms with Gasteiger partial charge in [-0.15, -0.1) is 0 Å². The molecule has 0 saturated heterocycles. The van der Waals surface area contributed by atoms with Crippen molar-refractivity contribution in [1.82, 2.24) is 9.55 Å². The van der Waals surface area contributed by atoms with Crippen molar-refractivity contribution in [2.45, 2.75) is 13.0 Å². The zero-order chi connectivity index (χ0) is 14.4. The van der Waals surface area contributed by atoms with Gasteiger partial charge in [0, 0.05) is 18.9 Å². The molecule has 0 amide bonds. The van der Waals surface area contributed by atoms with E-state index in [1.54, 1.807) is 13.3 Å². The summed E-state index contributed by atoms with van der Waals surface area (Å²) in [5.74, 6) is 0.361. The van der Waals surface area contributed by atoms with Gasteiger partial charge in [0.15, 0.2) is 0 Å². The van der Waals surface area contributed by atoms with Gasteiger partial charge in [0.1, 0.15) is 0 Å². The average Bonchev–Trinajstić information content (AvgIpc) is 2.89. The van der Waals surface area contributed by atoms with Crippen molar-refractivity contribution in [3.8, 4) is 5.88 Å². The molecular formula is C14H18N2O4. The molecule has 0 saturated carbocycles. The zero-order valence-corrected chi connectivity index (χ0v) is 11.7. The highest BCUT2D eigenvalue weighted by Gasteiger charge is 2.06. The fraction of sp³-hybridized carbons (Fsp3) is 0.429. The number of aromatic nitrogens is 2. The van der Waals surface area contributed by atoms with Crippen LogP contribution in [0.2, 0.25) is 0 Å². The van der Waals surface area contributed by atoms with E-state index in [4.69, 9.17) is 9.47 Å². The molecule has 2 rings (SSSR count). The second kappa shape index (κ2) is 6.91. The van der Waals surface area contributed by atoms with E-state index >= 15 is 0 Å². The normalized spacial score (nSPS) is 10.7. The van der Waals surface area contributed by atoms with Crippen LogP contribution in [0.4, 0.5) is 0 Å². The molecule has 0 bridgehead atoms. The lowest BCUT2D eigenvalue weighted by atomic mass is 10.3. The van der Waals surface area contributed by atoms with Crippen LogP contribution in [0.3, 0.4) is 0 Å². The molecule has 0 aliphatic carbocycles. The Kier molecular flexibility index (Phi) is 4.95. The molecule has 0 aliphatic rings. The summed E-state index contributed by atoms with van der Waals surface area (Å²) in [6.07, 6.45) is 3.97. The Hall–Kier alpha value is -2.08. The minimum atomic E-state index is -0.257. The van der Waals surface area contributed by atoms with Gasteiger partial charge in [-0.1, -0.05) is 0 Å². The molecule has 6 heteroatoms. The summed E-state index contributed by atoms with van der Waals surface area (Å²) in [6, 6.07) is 3.90. The highest BCUT2D eigenvalue weighted by atomic mass is 16.5. The summed E-state index contributed by atoms with van der Waals surface area (Å²) in [6.45, 7) is 1.61. The Morgan fingerprint density at radius 3 is 2.90 bits per heavy atom. The van der Waals surface area contributed by atoms with Crippen LogP contribution >= 0.6 is 0 Å². The van der Waals surface area contributed by atoms with Crippen LogP contribution in [0, 0.1) is 0 Å². The Morgan fingerprint density at radius 1 is 1.30 bits per heavy atom. The van der Waals surface area contributed by atoms with Gasteiger partial charge in [-0.3, -0.25) is 4.79 Å². The highest BCUT2D eigenvalue weighted by Crippen LogP contribution is 2.23. The first-order valence-corrected chi connectivity index (χ1v) is 6.38. The maximum atomic E-state index is 10.9. The summed E-state index contributed by atoms with van der Waals surface area (Å²) in [5, 5.41) is 0.976. The number of carbonyl (C=O) groups excluding carboxylic acids is 1. The molecular weight excluding hydrogens is 260 g/mol. The van der Waals surface area contributed by atoms with Crippen LogP contribution in [0.15, 0.2) is 24.5 Å². The van der Waals surface area contributed by atoms with Crippen molar-refractivity contribution in [2.75, 3.05) is 27.4 Å². The molecule has 0 radical (unpaired) electrons. The van der Waals surface area contributed by atoms with Gasteiger partial charge in [-0.2, -0.15) is 0 Å². The molecule has 0 aromatic carbocycles. The number of fused-ring (bicyclic) bond motifs is 1. The van der Waals surface area contributed by atoms with E-state index in [9.17, 15) is 4.79 Å². The molecule has 108 valence electrons. The number of esters is 1. The van der Waals surface area contributed by atoms with E-state index in [0.717, 1.165) is 10.9 Å². The van der Waals surface area contributed by atoms with Crippen LogP contribution in [0.1, 0.15) is 6.42 Å². The van der Waals surface area contributed by atoms with Crippen LogP contribution in [0.25, 0.3) is 10.9 Å². The predicted octanol–water partition coefficient (Wildman–Crippen LogP) is 1.62. The van der Waals surface area contributed by atoms with Gasteiger partial charge < -0.3 is 18.8 Å². The Bertz CT molecular complexity index is 580. The van der Waals surface area contributed by atoms with Crippen molar-refractivity contribution in [2.24, 2.45) is 0 Å². The van der Waals surface area contributed by atoms with E-state index in [-0.39, 0.29) is 12.4 Å².